The van der Waals surface area contributed by atoms with Gasteiger partial charge in [0.15, 0.2) is 12.4 Å². The Morgan fingerprint density at radius 2 is 1.93 bits per heavy atom. The average molecular weight is 413 g/mol. The van der Waals surface area contributed by atoms with E-state index in [1.165, 1.54) is 30.4 Å². The zero-order valence-electron chi connectivity index (χ0n) is 15.6. The molecule has 0 aliphatic rings. The van der Waals surface area contributed by atoms with E-state index in [0.717, 1.165) is 11.6 Å². The Labute approximate surface area is 172 Å². The molecule has 0 spiro atoms. The maximum Gasteiger partial charge on any atom is 0.331 e. The lowest BCUT2D eigenvalue weighted by Crippen LogP contribution is -2.12. The Morgan fingerprint density at radius 3 is 2.66 bits per heavy atom. The van der Waals surface area contributed by atoms with Crippen LogP contribution < -0.4 is 0 Å². The largest absolute Gasteiger partial charge is 0.454 e. The van der Waals surface area contributed by atoms with E-state index in [4.69, 9.17) is 16.3 Å². The molecule has 0 saturated heterocycles. The molecule has 0 N–H and O–H groups in total. The summed E-state index contributed by atoms with van der Waals surface area (Å²) in [5.74, 6) is -1.73. The summed E-state index contributed by atoms with van der Waals surface area (Å²) in [5.41, 5.74) is 2.44. The van der Waals surface area contributed by atoms with Gasteiger partial charge in [0.2, 0.25) is 0 Å². The second-order valence-electron chi connectivity index (χ2n) is 6.31. The molecule has 29 heavy (non-hydrogen) atoms. The normalized spacial score (nSPS) is 11.0. The highest BCUT2D eigenvalue weighted by atomic mass is 35.5. The smallest absolute Gasteiger partial charge is 0.331 e. The summed E-state index contributed by atoms with van der Waals surface area (Å²) in [7, 11) is 0. The molecule has 5 nitrogen and oxygen atoms in total. The van der Waals surface area contributed by atoms with Gasteiger partial charge in [-0.2, -0.15) is 5.10 Å². The first-order valence-electron chi connectivity index (χ1n) is 8.84. The molecule has 1 aromatic heterocycles. The number of halogens is 2. The minimum atomic E-state index is -0.707. The van der Waals surface area contributed by atoms with Gasteiger partial charge in [-0.3, -0.25) is 4.79 Å². The number of ether oxygens (including phenoxy) is 1. The summed E-state index contributed by atoms with van der Waals surface area (Å²) in [6, 6.07) is 14.9. The van der Waals surface area contributed by atoms with Crippen LogP contribution in [0.1, 0.15) is 27.2 Å². The molecule has 0 atom stereocenters. The van der Waals surface area contributed by atoms with Gasteiger partial charge in [-0.25, -0.2) is 13.9 Å². The van der Waals surface area contributed by atoms with E-state index < -0.39 is 24.2 Å². The van der Waals surface area contributed by atoms with E-state index in [9.17, 15) is 14.0 Å². The molecule has 3 aromatic rings. The molecule has 0 amide bonds. The number of aryl methyl sites for hydroxylation is 1. The Morgan fingerprint density at radius 1 is 1.17 bits per heavy atom. The Balaban J connectivity index is 1.62. The fraction of sp³-hybridized carbons (Fsp3) is 0.136. The number of carbonyl (C=O) groups excluding carboxylic acids is 2. The lowest BCUT2D eigenvalue weighted by Gasteiger charge is -2.03. The quantitative estimate of drug-likeness (QED) is 0.326. The van der Waals surface area contributed by atoms with Crippen LogP contribution in [0.3, 0.4) is 0 Å². The van der Waals surface area contributed by atoms with Crippen molar-refractivity contribution in [3.63, 3.8) is 0 Å². The van der Waals surface area contributed by atoms with E-state index in [1.54, 1.807) is 11.6 Å². The van der Waals surface area contributed by atoms with Crippen molar-refractivity contribution in [3.05, 3.63) is 94.0 Å². The van der Waals surface area contributed by atoms with Crippen LogP contribution in [-0.2, 0) is 16.1 Å². The van der Waals surface area contributed by atoms with Crippen molar-refractivity contribution in [2.45, 2.75) is 13.5 Å². The average Bonchev–Trinajstić information content (AvgIpc) is 2.98. The van der Waals surface area contributed by atoms with Crippen molar-refractivity contribution >= 4 is 29.4 Å². The van der Waals surface area contributed by atoms with E-state index in [2.05, 4.69) is 5.10 Å². The van der Waals surface area contributed by atoms with Gasteiger partial charge in [0.05, 0.1) is 12.2 Å². The number of benzene rings is 2. The highest BCUT2D eigenvalue weighted by Crippen LogP contribution is 2.22. The van der Waals surface area contributed by atoms with Crippen molar-refractivity contribution in [3.8, 4) is 0 Å². The number of esters is 1. The summed E-state index contributed by atoms with van der Waals surface area (Å²) in [6.07, 6.45) is 2.68. The molecule has 2 aromatic carbocycles. The van der Waals surface area contributed by atoms with Crippen LogP contribution in [0.15, 0.2) is 60.7 Å². The van der Waals surface area contributed by atoms with Crippen LogP contribution in [0.5, 0.6) is 0 Å². The van der Waals surface area contributed by atoms with Crippen molar-refractivity contribution in [2.75, 3.05) is 6.61 Å². The first kappa shape index (κ1) is 20.5. The van der Waals surface area contributed by atoms with Gasteiger partial charge in [0, 0.05) is 17.2 Å². The van der Waals surface area contributed by atoms with Crippen molar-refractivity contribution in [1.29, 1.82) is 0 Å². The predicted octanol–water partition coefficient (Wildman–Crippen LogP) is 4.47. The van der Waals surface area contributed by atoms with Crippen LogP contribution in [0, 0.1) is 12.7 Å². The maximum absolute atomic E-state index is 13.2. The predicted molar refractivity (Wildman–Crippen MR) is 108 cm³/mol. The van der Waals surface area contributed by atoms with Crippen molar-refractivity contribution in [1.82, 2.24) is 9.78 Å². The van der Waals surface area contributed by atoms with E-state index in [0.29, 0.717) is 23.0 Å². The van der Waals surface area contributed by atoms with Gasteiger partial charge in [-0.05, 0) is 30.7 Å². The van der Waals surface area contributed by atoms with E-state index in [1.807, 2.05) is 30.3 Å². The molecule has 0 radical (unpaired) electrons. The minimum absolute atomic E-state index is 0.142. The maximum atomic E-state index is 13.2. The third-order valence-electron chi connectivity index (χ3n) is 4.16. The van der Waals surface area contributed by atoms with Gasteiger partial charge in [0.25, 0.3) is 0 Å². The number of nitrogens with zero attached hydrogens (tertiary/aromatic N) is 2. The monoisotopic (exact) mass is 412 g/mol. The Hall–Kier alpha value is -3.25. The first-order valence-corrected chi connectivity index (χ1v) is 9.22. The Kier molecular flexibility index (Phi) is 6.57. The molecular weight excluding hydrogens is 395 g/mol. The summed E-state index contributed by atoms with van der Waals surface area (Å²) in [5, 5.41) is 4.79. The topological polar surface area (TPSA) is 61.2 Å². The second kappa shape index (κ2) is 9.30. The van der Waals surface area contributed by atoms with Crippen molar-refractivity contribution < 1.29 is 18.7 Å². The van der Waals surface area contributed by atoms with Gasteiger partial charge in [0.1, 0.15) is 11.0 Å². The molecule has 0 saturated carbocycles. The fourth-order valence-corrected chi connectivity index (χ4v) is 3.00. The third-order valence-corrected chi connectivity index (χ3v) is 4.56. The molecule has 7 heteroatoms. The standard InChI is InChI=1S/C22H18ClFN2O3/c1-15-19(22(23)26(25-15)13-16-6-3-2-4-7-16)10-11-21(28)29-14-20(27)17-8-5-9-18(24)12-17/h2-12H,13-14H2,1H3/b11-10+. The SMILES string of the molecule is Cc1nn(Cc2ccccc2)c(Cl)c1/C=C/C(=O)OCC(=O)c1cccc(F)c1. The zero-order valence-corrected chi connectivity index (χ0v) is 16.4. The first-order chi connectivity index (χ1) is 13.9. The van der Waals surface area contributed by atoms with Crippen LogP contribution in [-0.4, -0.2) is 28.1 Å². The number of Topliss-reactive ketones (excluding diaryl/α,β-unsaturated/α-hetero) is 1. The van der Waals surface area contributed by atoms with E-state index >= 15 is 0 Å². The number of hydrogen-bond acceptors (Lipinski definition) is 4. The third kappa shape index (κ3) is 5.39. The van der Waals surface area contributed by atoms with Crippen LogP contribution >= 0.6 is 11.6 Å². The van der Waals surface area contributed by atoms with E-state index in [-0.39, 0.29) is 5.56 Å². The molecule has 0 unspecified atom stereocenters. The number of carbonyl (C=O) groups is 2. The summed E-state index contributed by atoms with van der Waals surface area (Å²) in [6.45, 7) is 1.80. The Bertz CT molecular complexity index is 1060. The highest BCUT2D eigenvalue weighted by molar-refractivity contribution is 6.31. The summed E-state index contributed by atoms with van der Waals surface area (Å²) < 4.78 is 19.7. The van der Waals surface area contributed by atoms with Crippen LogP contribution in [0.2, 0.25) is 5.15 Å². The van der Waals surface area contributed by atoms with Crippen molar-refractivity contribution in [2.24, 2.45) is 0 Å². The second-order valence-corrected chi connectivity index (χ2v) is 6.67. The number of aromatic nitrogens is 2. The molecule has 0 aliphatic heterocycles. The van der Waals surface area contributed by atoms with Gasteiger partial charge in [-0.15, -0.1) is 0 Å². The summed E-state index contributed by atoms with van der Waals surface area (Å²) >= 11 is 6.39. The van der Waals surface area contributed by atoms with Crippen LogP contribution in [0.25, 0.3) is 6.08 Å². The number of rotatable bonds is 7. The minimum Gasteiger partial charge on any atom is -0.454 e. The molecular formula is C22H18ClFN2O3. The number of hydrogen-bond donors (Lipinski definition) is 0. The molecule has 0 bridgehead atoms. The summed E-state index contributed by atoms with van der Waals surface area (Å²) in [4.78, 5) is 23.9. The van der Waals surface area contributed by atoms with Gasteiger partial charge < -0.3 is 4.74 Å². The lowest BCUT2D eigenvalue weighted by atomic mass is 10.1. The molecule has 3 rings (SSSR count). The molecule has 1 heterocycles. The highest BCUT2D eigenvalue weighted by Gasteiger charge is 2.13. The van der Waals surface area contributed by atoms with Gasteiger partial charge >= 0.3 is 5.97 Å². The molecule has 0 aliphatic carbocycles. The van der Waals surface area contributed by atoms with Gasteiger partial charge in [-0.1, -0.05) is 54.1 Å². The fourth-order valence-electron chi connectivity index (χ4n) is 2.70. The molecule has 148 valence electrons. The van der Waals surface area contributed by atoms with Crippen LogP contribution in [0.4, 0.5) is 4.39 Å². The molecule has 0 fully saturated rings. The number of ketones is 1. The lowest BCUT2D eigenvalue weighted by molar-refractivity contribution is -0.136. The zero-order chi connectivity index (χ0) is 20.8.